The van der Waals surface area contributed by atoms with Gasteiger partial charge in [0.05, 0.1) is 17.1 Å². The standard InChI is InChI=1S/C38H30N2O2/c1-21-8-6-14-30-34(21)35-31(18-17-27-26-12-5-9-22(2)37(26)42-38(27)35)40(30)36-24(11-7-13-29(36)39)23-16-19-33-28(20-23)25-10-3-4-15-32(25)41-33/h3-4,6-11,13-21,34H,5,12,39H2,1-2H3. The molecule has 1 aliphatic heterocycles. The highest BCUT2D eigenvalue weighted by atomic mass is 16.3. The molecule has 9 rings (SSSR count). The van der Waals surface area contributed by atoms with Crippen LogP contribution in [0, 0.1) is 5.92 Å². The van der Waals surface area contributed by atoms with Crippen LogP contribution in [0.4, 0.5) is 17.1 Å². The van der Waals surface area contributed by atoms with E-state index in [0.717, 1.165) is 74.3 Å². The van der Waals surface area contributed by atoms with E-state index in [1.54, 1.807) is 0 Å². The number of fused-ring (bicyclic) bond motifs is 10. The van der Waals surface area contributed by atoms with Gasteiger partial charge < -0.3 is 19.5 Å². The fraction of sp³-hybridized carbons (Fsp3) is 0.158. The van der Waals surface area contributed by atoms with Gasteiger partial charge in [-0.1, -0.05) is 61.5 Å². The molecule has 0 bridgehead atoms. The monoisotopic (exact) mass is 546 g/mol. The first-order valence-corrected chi connectivity index (χ1v) is 14.8. The van der Waals surface area contributed by atoms with Gasteiger partial charge in [0.15, 0.2) is 0 Å². The minimum Gasteiger partial charge on any atom is -0.456 e. The molecule has 42 heavy (non-hydrogen) atoms. The molecule has 204 valence electrons. The molecule has 4 nitrogen and oxygen atoms in total. The van der Waals surface area contributed by atoms with Crippen LogP contribution in [0.25, 0.3) is 49.6 Å². The maximum atomic E-state index is 6.91. The Morgan fingerprint density at radius 1 is 0.881 bits per heavy atom. The summed E-state index contributed by atoms with van der Waals surface area (Å²) in [4.78, 5) is 2.39. The zero-order valence-corrected chi connectivity index (χ0v) is 23.6. The summed E-state index contributed by atoms with van der Waals surface area (Å²) in [7, 11) is 0. The lowest BCUT2D eigenvalue weighted by Crippen LogP contribution is -2.19. The second kappa shape index (κ2) is 8.53. The molecule has 2 N–H and O–H groups in total. The van der Waals surface area contributed by atoms with Crippen molar-refractivity contribution in [3.63, 3.8) is 0 Å². The second-order valence-electron chi connectivity index (χ2n) is 11.9. The lowest BCUT2D eigenvalue weighted by atomic mass is 9.83. The van der Waals surface area contributed by atoms with Crippen LogP contribution in [0.5, 0.6) is 0 Å². The lowest BCUT2D eigenvalue weighted by Gasteiger charge is -2.29. The molecule has 4 heteroatoms. The number of nitrogen functional groups attached to an aromatic ring is 1. The summed E-state index contributed by atoms with van der Waals surface area (Å²) in [5.74, 6) is 1.55. The van der Waals surface area contributed by atoms with Crippen molar-refractivity contribution in [3.8, 4) is 11.1 Å². The van der Waals surface area contributed by atoms with E-state index in [0.29, 0.717) is 5.92 Å². The zero-order valence-electron chi connectivity index (χ0n) is 23.6. The molecule has 3 aliphatic rings. The number of rotatable bonds is 2. The number of anilines is 3. The Kier molecular flexibility index (Phi) is 4.81. The summed E-state index contributed by atoms with van der Waals surface area (Å²) in [6, 6.07) is 25.5. The number of nitrogens with zero attached hydrogens (tertiary/aromatic N) is 1. The predicted molar refractivity (Wildman–Crippen MR) is 173 cm³/mol. The number of aryl methyl sites for hydroxylation is 1. The van der Waals surface area contributed by atoms with E-state index in [2.05, 4.69) is 97.6 Å². The molecule has 6 aromatic rings. The minimum atomic E-state index is 0.179. The fourth-order valence-corrected chi connectivity index (χ4v) is 7.57. The van der Waals surface area contributed by atoms with E-state index in [9.17, 15) is 0 Å². The van der Waals surface area contributed by atoms with Gasteiger partial charge in [-0.15, -0.1) is 0 Å². The molecule has 0 spiro atoms. The first kappa shape index (κ1) is 23.7. The number of allylic oxidation sites excluding steroid dienone is 6. The van der Waals surface area contributed by atoms with Crippen molar-refractivity contribution in [3.05, 3.63) is 120 Å². The highest BCUT2D eigenvalue weighted by Crippen LogP contribution is 2.58. The Hall–Kier alpha value is -4.96. The number of furan rings is 2. The number of hydrogen-bond acceptors (Lipinski definition) is 4. The number of hydrogen-bond donors (Lipinski definition) is 1. The minimum absolute atomic E-state index is 0.179. The molecular weight excluding hydrogens is 516 g/mol. The van der Waals surface area contributed by atoms with Gasteiger partial charge >= 0.3 is 0 Å². The average Bonchev–Trinajstić information content (AvgIpc) is 3.67. The van der Waals surface area contributed by atoms with Gasteiger partial charge in [-0.2, -0.15) is 0 Å². The van der Waals surface area contributed by atoms with Gasteiger partial charge in [0.25, 0.3) is 0 Å². The van der Waals surface area contributed by atoms with Crippen molar-refractivity contribution in [1.82, 2.24) is 0 Å². The Morgan fingerprint density at radius 3 is 2.69 bits per heavy atom. The molecule has 2 aromatic heterocycles. The molecule has 3 heterocycles. The molecule has 2 unspecified atom stereocenters. The molecule has 0 saturated heterocycles. The molecule has 0 saturated carbocycles. The van der Waals surface area contributed by atoms with Crippen molar-refractivity contribution in [2.75, 3.05) is 10.6 Å². The molecule has 4 aromatic carbocycles. The van der Waals surface area contributed by atoms with E-state index in [-0.39, 0.29) is 5.92 Å². The van der Waals surface area contributed by atoms with Crippen LogP contribution in [0.15, 0.2) is 112 Å². The van der Waals surface area contributed by atoms with E-state index in [4.69, 9.17) is 14.6 Å². The van der Waals surface area contributed by atoms with Gasteiger partial charge in [-0.3, -0.25) is 0 Å². The van der Waals surface area contributed by atoms with E-state index < -0.39 is 0 Å². The molecule has 2 atom stereocenters. The maximum absolute atomic E-state index is 6.91. The van der Waals surface area contributed by atoms with Crippen LogP contribution in [-0.4, -0.2) is 0 Å². The summed E-state index contributed by atoms with van der Waals surface area (Å²) < 4.78 is 12.9. The Labute approximate surface area is 244 Å². The average molecular weight is 547 g/mol. The van der Waals surface area contributed by atoms with Crippen LogP contribution in [0.3, 0.4) is 0 Å². The zero-order chi connectivity index (χ0) is 28.1. The molecule has 0 fully saturated rings. The Morgan fingerprint density at radius 2 is 1.76 bits per heavy atom. The van der Waals surface area contributed by atoms with Crippen LogP contribution >= 0.6 is 0 Å². The smallest absolute Gasteiger partial charge is 0.141 e. The van der Waals surface area contributed by atoms with Gasteiger partial charge in [-0.05, 0) is 79.3 Å². The topological polar surface area (TPSA) is 55.5 Å². The second-order valence-corrected chi connectivity index (χ2v) is 11.9. The Balaban J connectivity index is 1.30. The molecule has 0 amide bonds. The van der Waals surface area contributed by atoms with Crippen molar-refractivity contribution in [1.29, 1.82) is 0 Å². The van der Waals surface area contributed by atoms with E-state index in [1.807, 2.05) is 18.2 Å². The Bertz CT molecular complexity index is 2210. The summed E-state index contributed by atoms with van der Waals surface area (Å²) in [5.41, 5.74) is 19.9. The van der Waals surface area contributed by atoms with E-state index >= 15 is 0 Å². The van der Waals surface area contributed by atoms with Gasteiger partial charge in [0, 0.05) is 44.5 Å². The van der Waals surface area contributed by atoms with Crippen molar-refractivity contribution >= 4 is 55.5 Å². The van der Waals surface area contributed by atoms with Gasteiger partial charge in [0.2, 0.25) is 0 Å². The third-order valence-electron chi connectivity index (χ3n) is 9.49. The number of benzene rings is 4. The summed E-state index contributed by atoms with van der Waals surface area (Å²) in [6.07, 6.45) is 11.1. The first-order valence-electron chi connectivity index (χ1n) is 14.8. The highest BCUT2D eigenvalue weighted by molar-refractivity contribution is 6.07. The van der Waals surface area contributed by atoms with E-state index in [1.165, 1.54) is 27.8 Å². The number of nitrogens with two attached hydrogens (primary N) is 1. The largest absolute Gasteiger partial charge is 0.456 e. The SMILES string of the molecule is CC1=CCCc2c1oc1c3c(ccc21)N(c1c(N)cccc1-c1ccc2oc4ccccc4c2c1)C1=CC=CC(C)C13. The third kappa shape index (κ3) is 3.12. The van der Waals surface area contributed by atoms with Crippen molar-refractivity contribution in [2.24, 2.45) is 5.92 Å². The van der Waals surface area contributed by atoms with Gasteiger partial charge in [0.1, 0.15) is 22.5 Å². The molecule has 0 radical (unpaired) electrons. The van der Waals surface area contributed by atoms with Crippen LogP contribution in [-0.2, 0) is 6.42 Å². The predicted octanol–water partition coefficient (Wildman–Crippen LogP) is 10.3. The van der Waals surface area contributed by atoms with Gasteiger partial charge in [-0.25, -0.2) is 0 Å². The highest BCUT2D eigenvalue weighted by Gasteiger charge is 2.42. The van der Waals surface area contributed by atoms with Crippen molar-refractivity contribution < 1.29 is 8.83 Å². The lowest BCUT2D eigenvalue weighted by molar-refractivity contribution is 0.569. The molecular formula is C38H30N2O2. The summed E-state index contributed by atoms with van der Waals surface area (Å²) >= 11 is 0. The normalized spacial score (nSPS) is 19.2. The maximum Gasteiger partial charge on any atom is 0.141 e. The first-order chi connectivity index (χ1) is 20.6. The van der Waals surface area contributed by atoms with Crippen molar-refractivity contribution in [2.45, 2.75) is 32.6 Å². The summed E-state index contributed by atoms with van der Waals surface area (Å²) in [6.45, 7) is 4.47. The van der Waals surface area contributed by atoms with Crippen LogP contribution in [0.1, 0.15) is 43.1 Å². The number of para-hydroxylation sites is 2. The fourth-order valence-electron chi connectivity index (χ4n) is 7.57. The quantitative estimate of drug-likeness (QED) is 0.220. The molecule has 2 aliphatic carbocycles. The van der Waals surface area contributed by atoms with Crippen LogP contribution in [0.2, 0.25) is 0 Å². The van der Waals surface area contributed by atoms with Crippen LogP contribution < -0.4 is 10.6 Å². The third-order valence-corrected chi connectivity index (χ3v) is 9.49. The summed E-state index contributed by atoms with van der Waals surface area (Å²) in [5, 5.41) is 3.47.